The van der Waals surface area contributed by atoms with Crippen molar-refractivity contribution in [2.45, 2.75) is 0 Å². The fourth-order valence-corrected chi connectivity index (χ4v) is 1.77. The van der Waals surface area contributed by atoms with Gasteiger partial charge in [0.25, 0.3) is 5.69 Å². The highest BCUT2D eigenvalue weighted by Gasteiger charge is 2.15. The van der Waals surface area contributed by atoms with Crippen molar-refractivity contribution in [1.29, 1.82) is 5.26 Å². The fraction of sp³-hybridized carbons (Fsp3) is 0. The number of hydrogen-bond acceptors (Lipinski definition) is 5. The lowest BCUT2D eigenvalue weighted by Gasteiger charge is -2.07. The summed E-state index contributed by atoms with van der Waals surface area (Å²) in [6, 6.07) is 8.12. The largest absolute Gasteiger partial charge is 0.397 e. The topological polar surface area (TPSA) is 106 Å². The SMILES string of the molecule is N#C/C(=C(/N)c1ccc([N+](=O)[O-])cc1F)c1ccncc1. The van der Waals surface area contributed by atoms with Gasteiger partial charge in [-0.3, -0.25) is 15.1 Å². The smallest absolute Gasteiger partial charge is 0.272 e. The molecule has 0 fully saturated rings. The van der Waals surface area contributed by atoms with Crippen LogP contribution in [-0.2, 0) is 0 Å². The van der Waals surface area contributed by atoms with Crippen LogP contribution in [0.5, 0.6) is 0 Å². The van der Waals surface area contributed by atoms with Crippen LogP contribution in [0.3, 0.4) is 0 Å². The van der Waals surface area contributed by atoms with Crippen molar-refractivity contribution < 1.29 is 9.31 Å². The fourth-order valence-electron chi connectivity index (χ4n) is 1.77. The highest BCUT2D eigenvalue weighted by atomic mass is 19.1. The molecule has 0 atom stereocenters. The van der Waals surface area contributed by atoms with Gasteiger partial charge in [0.1, 0.15) is 11.9 Å². The first kappa shape index (κ1) is 14.1. The van der Waals surface area contributed by atoms with Gasteiger partial charge in [0.05, 0.1) is 22.3 Å². The van der Waals surface area contributed by atoms with Crippen LogP contribution in [0, 0.1) is 27.3 Å². The number of non-ortho nitro benzene ring substituents is 1. The van der Waals surface area contributed by atoms with Crippen molar-refractivity contribution >= 4 is 17.0 Å². The Hall–Kier alpha value is -3.27. The summed E-state index contributed by atoms with van der Waals surface area (Å²) in [5, 5.41) is 19.8. The third kappa shape index (κ3) is 2.84. The Labute approximate surface area is 119 Å². The Morgan fingerprint density at radius 1 is 1.33 bits per heavy atom. The molecule has 2 aromatic rings. The standard InChI is InChI=1S/C14H9FN4O2/c15-13-7-10(19(20)21)1-2-11(13)14(17)12(8-16)9-3-5-18-6-4-9/h1-7H,17H2/b14-12-. The summed E-state index contributed by atoms with van der Waals surface area (Å²) in [6.45, 7) is 0. The molecular weight excluding hydrogens is 275 g/mol. The highest BCUT2D eigenvalue weighted by molar-refractivity contribution is 5.96. The number of pyridine rings is 1. The van der Waals surface area contributed by atoms with Crippen molar-refractivity contribution in [3.63, 3.8) is 0 Å². The Kier molecular flexibility index (Phi) is 3.90. The molecule has 21 heavy (non-hydrogen) atoms. The van der Waals surface area contributed by atoms with Crippen LogP contribution in [0.2, 0.25) is 0 Å². The minimum atomic E-state index is -0.858. The van der Waals surface area contributed by atoms with Crippen molar-refractivity contribution in [3.05, 3.63) is 69.8 Å². The summed E-state index contributed by atoms with van der Waals surface area (Å²) in [5.41, 5.74) is 5.87. The van der Waals surface area contributed by atoms with Crippen molar-refractivity contribution in [2.24, 2.45) is 5.73 Å². The maximum absolute atomic E-state index is 13.9. The van der Waals surface area contributed by atoms with Gasteiger partial charge in [-0.1, -0.05) is 0 Å². The first-order valence-corrected chi connectivity index (χ1v) is 5.79. The van der Waals surface area contributed by atoms with Gasteiger partial charge in [-0.2, -0.15) is 5.26 Å². The monoisotopic (exact) mass is 284 g/mol. The van der Waals surface area contributed by atoms with Gasteiger partial charge >= 0.3 is 0 Å². The molecule has 0 spiro atoms. The van der Waals surface area contributed by atoms with Crippen LogP contribution >= 0.6 is 0 Å². The highest BCUT2D eigenvalue weighted by Crippen LogP contribution is 2.26. The van der Waals surface area contributed by atoms with Crippen LogP contribution in [-0.4, -0.2) is 9.91 Å². The molecule has 0 unspecified atom stereocenters. The van der Waals surface area contributed by atoms with Crippen LogP contribution in [0.4, 0.5) is 10.1 Å². The van der Waals surface area contributed by atoms with Crippen LogP contribution in [0.15, 0.2) is 42.7 Å². The molecule has 6 nitrogen and oxygen atoms in total. The Bertz CT molecular complexity index is 766. The number of nitriles is 1. The van der Waals surface area contributed by atoms with Gasteiger partial charge in [0, 0.05) is 24.0 Å². The van der Waals surface area contributed by atoms with Gasteiger partial charge in [0.15, 0.2) is 0 Å². The molecular formula is C14H9FN4O2. The van der Waals surface area contributed by atoms with Gasteiger partial charge in [-0.15, -0.1) is 0 Å². The molecule has 0 aliphatic heterocycles. The van der Waals surface area contributed by atoms with E-state index < -0.39 is 10.7 Å². The second-order valence-electron chi connectivity index (χ2n) is 4.06. The Morgan fingerprint density at radius 3 is 2.52 bits per heavy atom. The predicted octanol–water partition coefficient (Wildman–Crippen LogP) is 2.48. The van der Waals surface area contributed by atoms with Crippen molar-refractivity contribution in [1.82, 2.24) is 4.98 Å². The van der Waals surface area contributed by atoms with E-state index in [0.717, 1.165) is 12.1 Å². The molecule has 2 rings (SSSR count). The Morgan fingerprint density at radius 2 is 2.00 bits per heavy atom. The van der Waals surface area contributed by atoms with E-state index in [-0.39, 0.29) is 22.5 Å². The lowest BCUT2D eigenvalue weighted by molar-refractivity contribution is -0.385. The lowest BCUT2D eigenvalue weighted by atomic mass is 10.0. The van der Waals surface area contributed by atoms with Gasteiger partial charge in [0.2, 0.25) is 0 Å². The molecule has 0 amide bonds. The number of hydrogen-bond donors (Lipinski definition) is 1. The summed E-state index contributed by atoms with van der Waals surface area (Å²) >= 11 is 0. The maximum atomic E-state index is 13.9. The molecule has 0 saturated carbocycles. The van der Waals surface area contributed by atoms with Gasteiger partial charge in [-0.05, 0) is 23.8 Å². The number of nitrogens with two attached hydrogens (primary N) is 1. The van der Waals surface area contributed by atoms with Crippen LogP contribution in [0.25, 0.3) is 11.3 Å². The van der Waals surface area contributed by atoms with E-state index >= 15 is 0 Å². The van der Waals surface area contributed by atoms with Gasteiger partial charge in [-0.25, -0.2) is 4.39 Å². The summed E-state index contributed by atoms with van der Waals surface area (Å²) in [7, 11) is 0. The average Bonchev–Trinajstić information content (AvgIpc) is 2.48. The number of nitro groups is 1. The number of rotatable bonds is 3. The summed E-state index contributed by atoms with van der Waals surface area (Å²) < 4.78 is 13.9. The maximum Gasteiger partial charge on any atom is 0.272 e. The predicted molar refractivity (Wildman–Crippen MR) is 73.9 cm³/mol. The number of nitrogens with zero attached hydrogens (tertiary/aromatic N) is 3. The second-order valence-corrected chi connectivity index (χ2v) is 4.06. The number of allylic oxidation sites excluding steroid dienone is 1. The lowest BCUT2D eigenvalue weighted by Crippen LogP contribution is -2.04. The number of nitro benzene ring substituents is 1. The average molecular weight is 284 g/mol. The summed E-state index contributed by atoms with van der Waals surface area (Å²) in [4.78, 5) is 13.7. The Balaban J connectivity index is 2.57. The van der Waals surface area contributed by atoms with E-state index in [4.69, 9.17) is 5.73 Å². The minimum Gasteiger partial charge on any atom is -0.397 e. The molecule has 7 heteroatoms. The molecule has 2 N–H and O–H groups in total. The zero-order valence-corrected chi connectivity index (χ0v) is 10.7. The minimum absolute atomic E-state index is 0.0611. The van der Waals surface area contributed by atoms with E-state index in [0.29, 0.717) is 5.56 Å². The van der Waals surface area contributed by atoms with Crippen molar-refractivity contribution in [3.8, 4) is 6.07 Å². The van der Waals surface area contributed by atoms with E-state index in [9.17, 15) is 19.8 Å². The summed E-state index contributed by atoms with van der Waals surface area (Å²) in [5.74, 6) is -0.858. The van der Waals surface area contributed by atoms with Crippen molar-refractivity contribution in [2.75, 3.05) is 0 Å². The van der Waals surface area contributed by atoms with Crippen LogP contribution in [0.1, 0.15) is 11.1 Å². The third-order valence-corrected chi connectivity index (χ3v) is 2.80. The first-order valence-electron chi connectivity index (χ1n) is 5.79. The molecule has 1 aromatic heterocycles. The molecule has 0 aliphatic rings. The molecule has 0 saturated heterocycles. The van der Waals surface area contributed by atoms with E-state index in [1.807, 2.05) is 6.07 Å². The van der Waals surface area contributed by atoms with E-state index in [1.165, 1.54) is 18.5 Å². The molecule has 1 aromatic carbocycles. The van der Waals surface area contributed by atoms with Gasteiger partial charge < -0.3 is 5.73 Å². The normalized spacial score (nSPS) is 11.4. The third-order valence-electron chi connectivity index (χ3n) is 2.80. The van der Waals surface area contributed by atoms with E-state index in [2.05, 4.69) is 4.98 Å². The molecule has 0 bridgehead atoms. The second kappa shape index (κ2) is 5.79. The number of halogens is 1. The summed E-state index contributed by atoms with van der Waals surface area (Å²) in [6.07, 6.45) is 2.96. The number of benzene rings is 1. The molecule has 104 valence electrons. The molecule has 0 radical (unpaired) electrons. The zero-order valence-electron chi connectivity index (χ0n) is 10.7. The molecule has 0 aliphatic carbocycles. The first-order chi connectivity index (χ1) is 10.0. The number of aromatic nitrogens is 1. The molecule has 1 heterocycles. The van der Waals surface area contributed by atoms with Crippen LogP contribution < -0.4 is 5.73 Å². The zero-order chi connectivity index (χ0) is 15.4. The quantitative estimate of drug-likeness (QED) is 0.529. The van der Waals surface area contributed by atoms with E-state index in [1.54, 1.807) is 12.1 Å².